The minimum atomic E-state index is -0.480. The van der Waals surface area contributed by atoms with E-state index in [1.54, 1.807) is 6.08 Å². The summed E-state index contributed by atoms with van der Waals surface area (Å²) in [5, 5.41) is 2.79. The van der Waals surface area contributed by atoms with Crippen LogP contribution in [0, 0.1) is 27.7 Å². The number of rotatable bonds is 6. The second kappa shape index (κ2) is 10.0. The zero-order valence-corrected chi connectivity index (χ0v) is 21.8. The molecule has 0 bridgehead atoms. The summed E-state index contributed by atoms with van der Waals surface area (Å²) in [6.07, 6.45) is 5.10. The molecular formula is C29H31N3O2S. The van der Waals surface area contributed by atoms with Gasteiger partial charge in [-0.25, -0.2) is 0 Å². The van der Waals surface area contributed by atoms with Crippen molar-refractivity contribution in [3.05, 3.63) is 87.7 Å². The highest BCUT2D eigenvalue weighted by atomic mass is 32.1. The summed E-state index contributed by atoms with van der Waals surface area (Å²) in [6, 6.07) is 16.3. The van der Waals surface area contributed by atoms with Crippen molar-refractivity contribution >= 4 is 40.9 Å². The first-order valence-corrected chi connectivity index (χ1v) is 12.4. The van der Waals surface area contributed by atoms with Crippen molar-refractivity contribution in [2.24, 2.45) is 0 Å². The Bertz CT molecular complexity index is 1350. The number of hydrogen-bond acceptors (Lipinski definition) is 3. The van der Waals surface area contributed by atoms with Crippen molar-refractivity contribution < 1.29 is 9.59 Å². The van der Waals surface area contributed by atoms with Crippen LogP contribution >= 0.6 is 12.2 Å². The van der Waals surface area contributed by atoms with Crippen molar-refractivity contribution in [1.82, 2.24) is 9.88 Å². The number of benzene rings is 2. The Hall–Kier alpha value is -3.51. The predicted octanol–water partition coefficient (Wildman–Crippen LogP) is 5.88. The van der Waals surface area contributed by atoms with Crippen molar-refractivity contribution in [2.75, 3.05) is 4.90 Å². The number of carbonyl (C=O) groups excluding carboxylic acids is 2. The fourth-order valence-electron chi connectivity index (χ4n) is 4.53. The van der Waals surface area contributed by atoms with Gasteiger partial charge < -0.3 is 4.57 Å². The molecule has 0 spiro atoms. The topological polar surface area (TPSA) is 54.3 Å². The van der Waals surface area contributed by atoms with Gasteiger partial charge in [-0.05, 0) is 105 Å². The second-order valence-electron chi connectivity index (χ2n) is 9.11. The lowest BCUT2D eigenvalue weighted by molar-refractivity contribution is -0.122. The van der Waals surface area contributed by atoms with Crippen LogP contribution in [0.1, 0.15) is 53.4 Å². The maximum absolute atomic E-state index is 13.5. The standard InChI is InChI=1S/C29H31N3O2S/c1-6-7-10-22-12-14-24(15-13-22)31-19(3)16-23(21(31)5)17-25-27(33)30-29(35)32(28(25)34)26-11-8-9-18(2)20(26)4/h8-9,11-17H,6-7,10H2,1-5H3,(H,30,33,35)/b25-17+. The Labute approximate surface area is 212 Å². The molecule has 3 aromatic rings. The molecule has 0 atom stereocenters. The van der Waals surface area contributed by atoms with E-state index in [9.17, 15) is 9.59 Å². The summed E-state index contributed by atoms with van der Waals surface area (Å²) < 4.78 is 2.15. The van der Waals surface area contributed by atoms with Gasteiger partial charge in [0.05, 0.1) is 5.69 Å². The summed E-state index contributed by atoms with van der Waals surface area (Å²) in [7, 11) is 0. The fourth-order valence-corrected chi connectivity index (χ4v) is 4.81. The van der Waals surface area contributed by atoms with Crippen LogP contribution in [0.25, 0.3) is 11.8 Å². The first-order valence-electron chi connectivity index (χ1n) is 12.0. The Morgan fingerprint density at radius 3 is 2.40 bits per heavy atom. The van der Waals surface area contributed by atoms with Crippen molar-refractivity contribution in [2.45, 2.75) is 53.9 Å². The van der Waals surface area contributed by atoms with Crippen molar-refractivity contribution in [1.29, 1.82) is 0 Å². The lowest BCUT2D eigenvalue weighted by Gasteiger charge is -2.30. The third kappa shape index (κ3) is 4.71. The van der Waals surface area contributed by atoms with E-state index >= 15 is 0 Å². The van der Waals surface area contributed by atoms with Gasteiger partial charge in [-0.15, -0.1) is 0 Å². The highest BCUT2D eigenvalue weighted by Gasteiger charge is 2.35. The molecule has 180 valence electrons. The number of amides is 2. The Balaban J connectivity index is 1.71. The maximum Gasteiger partial charge on any atom is 0.270 e. The molecule has 2 aromatic carbocycles. The van der Waals surface area contributed by atoms with Crippen LogP contribution < -0.4 is 10.2 Å². The van der Waals surface area contributed by atoms with Crippen molar-refractivity contribution in [3.8, 4) is 5.69 Å². The van der Waals surface area contributed by atoms with Crippen LogP contribution in [0.15, 0.2) is 54.1 Å². The van der Waals surface area contributed by atoms with Gasteiger partial charge >= 0.3 is 0 Å². The largest absolute Gasteiger partial charge is 0.318 e. The smallest absolute Gasteiger partial charge is 0.270 e. The van der Waals surface area contributed by atoms with E-state index in [0.717, 1.165) is 40.2 Å². The van der Waals surface area contributed by atoms with Gasteiger partial charge in [-0.3, -0.25) is 19.8 Å². The molecule has 0 saturated carbocycles. The normalized spacial score (nSPS) is 15.2. The lowest BCUT2D eigenvalue weighted by atomic mass is 10.0. The number of carbonyl (C=O) groups is 2. The molecular weight excluding hydrogens is 454 g/mol. The average Bonchev–Trinajstić information content (AvgIpc) is 3.11. The van der Waals surface area contributed by atoms with E-state index < -0.39 is 11.8 Å². The molecule has 0 unspecified atom stereocenters. The molecule has 1 aromatic heterocycles. The lowest BCUT2D eigenvalue weighted by Crippen LogP contribution is -2.54. The molecule has 1 N–H and O–H groups in total. The van der Waals surface area contributed by atoms with Gasteiger partial charge in [0.2, 0.25) is 0 Å². The van der Waals surface area contributed by atoms with Crippen molar-refractivity contribution in [3.63, 3.8) is 0 Å². The minimum absolute atomic E-state index is 0.0645. The number of aromatic nitrogens is 1. The number of nitrogens with zero attached hydrogens (tertiary/aromatic N) is 2. The van der Waals surface area contributed by atoms with Crippen LogP contribution in [0.5, 0.6) is 0 Å². The molecule has 0 aliphatic carbocycles. The summed E-state index contributed by atoms with van der Waals surface area (Å²) in [6.45, 7) is 10.2. The number of aryl methyl sites for hydroxylation is 3. The van der Waals surface area contributed by atoms with Crippen LogP contribution in [-0.4, -0.2) is 21.5 Å². The quantitative estimate of drug-likeness (QED) is 0.269. The van der Waals surface area contributed by atoms with Gasteiger partial charge in [0.25, 0.3) is 11.8 Å². The van der Waals surface area contributed by atoms with Crippen LogP contribution in [0.2, 0.25) is 0 Å². The first-order chi connectivity index (χ1) is 16.7. The Morgan fingerprint density at radius 1 is 1.00 bits per heavy atom. The third-order valence-corrected chi connectivity index (χ3v) is 6.99. The number of anilines is 1. The van der Waals surface area contributed by atoms with E-state index in [1.807, 2.05) is 52.0 Å². The average molecular weight is 486 g/mol. The molecule has 2 amide bonds. The number of thiocarbonyl (C=S) groups is 1. The van der Waals surface area contributed by atoms with Gasteiger partial charge in [-0.1, -0.05) is 37.6 Å². The first kappa shape index (κ1) is 24.6. The highest BCUT2D eigenvalue weighted by molar-refractivity contribution is 7.80. The Morgan fingerprint density at radius 2 is 1.71 bits per heavy atom. The molecule has 1 aliphatic rings. The van der Waals surface area contributed by atoms with E-state index in [4.69, 9.17) is 12.2 Å². The summed E-state index contributed by atoms with van der Waals surface area (Å²) >= 11 is 5.38. The zero-order valence-electron chi connectivity index (χ0n) is 20.9. The van der Waals surface area contributed by atoms with Crippen LogP contribution in [0.4, 0.5) is 5.69 Å². The predicted molar refractivity (Wildman–Crippen MR) is 146 cm³/mol. The number of nitrogens with one attached hydrogen (secondary N) is 1. The number of hydrogen-bond donors (Lipinski definition) is 1. The third-order valence-electron chi connectivity index (χ3n) is 6.70. The molecule has 35 heavy (non-hydrogen) atoms. The molecule has 4 rings (SSSR count). The Kier molecular flexibility index (Phi) is 7.03. The summed E-state index contributed by atoms with van der Waals surface area (Å²) in [4.78, 5) is 27.8. The molecule has 1 aliphatic heterocycles. The van der Waals surface area contributed by atoms with Gasteiger partial charge in [-0.2, -0.15) is 0 Å². The monoisotopic (exact) mass is 485 g/mol. The van der Waals surface area contributed by atoms with Gasteiger partial charge in [0, 0.05) is 17.1 Å². The molecule has 1 fully saturated rings. The van der Waals surface area contributed by atoms with Gasteiger partial charge in [0.1, 0.15) is 5.57 Å². The molecule has 2 heterocycles. The fraction of sp³-hybridized carbons (Fsp3) is 0.276. The van der Waals surface area contributed by atoms with E-state index in [1.165, 1.54) is 23.3 Å². The summed E-state index contributed by atoms with van der Waals surface area (Å²) in [5.41, 5.74) is 7.93. The SMILES string of the molecule is CCCCc1ccc(-n2c(C)cc(/C=C3\C(=O)NC(=S)N(c4cccc(C)c4C)C3=O)c2C)cc1. The number of unbranched alkanes of at least 4 members (excludes halogenated alkanes) is 1. The highest BCUT2D eigenvalue weighted by Crippen LogP contribution is 2.29. The molecule has 5 nitrogen and oxygen atoms in total. The van der Waals surface area contributed by atoms with Crippen LogP contribution in [0.3, 0.4) is 0 Å². The zero-order chi connectivity index (χ0) is 25.3. The molecule has 1 saturated heterocycles. The molecule has 6 heteroatoms. The molecule has 0 radical (unpaired) electrons. The van der Waals surface area contributed by atoms with E-state index in [2.05, 4.69) is 41.1 Å². The minimum Gasteiger partial charge on any atom is -0.318 e. The van der Waals surface area contributed by atoms with Crippen LogP contribution in [-0.2, 0) is 16.0 Å². The summed E-state index contributed by atoms with van der Waals surface area (Å²) in [5.74, 6) is -0.899. The van der Waals surface area contributed by atoms with E-state index in [-0.39, 0.29) is 10.7 Å². The maximum atomic E-state index is 13.5. The van der Waals surface area contributed by atoms with Gasteiger partial charge in [0.15, 0.2) is 5.11 Å². The van der Waals surface area contributed by atoms with E-state index in [0.29, 0.717) is 5.69 Å². The second-order valence-corrected chi connectivity index (χ2v) is 9.50.